The summed E-state index contributed by atoms with van der Waals surface area (Å²) in [6, 6.07) is 0. The predicted octanol–water partition coefficient (Wildman–Crippen LogP) is 2.10. The van der Waals surface area contributed by atoms with Gasteiger partial charge in [0.2, 0.25) is 0 Å². The average molecular weight is 301 g/mol. The first-order chi connectivity index (χ1) is 4.13. The summed E-state index contributed by atoms with van der Waals surface area (Å²) < 4.78 is 3.98. The standard InChI is InChI=1S/C5H6BrIN2/c1-3-4(6)8-5(7)9(3)2/h1-2H3. The molecule has 0 aliphatic carbocycles. The smallest absolute Gasteiger partial charge is 0.172 e. The molecule has 0 spiro atoms. The van der Waals surface area contributed by atoms with Crippen LogP contribution >= 0.6 is 38.5 Å². The molecule has 4 heteroatoms. The van der Waals surface area contributed by atoms with E-state index in [0.29, 0.717) is 0 Å². The molecule has 1 heterocycles. The van der Waals surface area contributed by atoms with E-state index in [1.54, 1.807) is 0 Å². The van der Waals surface area contributed by atoms with E-state index in [2.05, 4.69) is 43.5 Å². The van der Waals surface area contributed by atoms with E-state index in [0.717, 1.165) is 8.43 Å². The highest BCUT2D eigenvalue weighted by Gasteiger charge is 2.03. The van der Waals surface area contributed by atoms with Gasteiger partial charge in [0, 0.05) is 12.7 Å². The molecule has 0 unspecified atom stereocenters. The Kier molecular flexibility index (Phi) is 2.15. The van der Waals surface area contributed by atoms with Gasteiger partial charge in [-0.2, -0.15) is 0 Å². The van der Waals surface area contributed by atoms with E-state index in [4.69, 9.17) is 0 Å². The van der Waals surface area contributed by atoms with Gasteiger partial charge >= 0.3 is 0 Å². The lowest BCUT2D eigenvalue weighted by Crippen LogP contribution is -1.92. The zero-order chi connectivity index (χ0) is 7.02. The molecule has 0 fully saturated rings. The first-order valence-corrected chi connectivity index (χ1v) is 4.34. The van der Waals surface area contributed by atoms with Crippen molar-refractivity contribution in [1.29, 1.82) is 0 Å². The molecule has 0 saturated heterocycles. The summed E-state index contributed by atoms with van der Waals surface area (Å²) in [6.07, 6.45) is 0. The third kappa shape index (κ3) is 1.29. The average Bonchev–Trinajstić information content (AvgIpc) is 1.98. The monoisotopic (exact) mass is 300 g/mol. The van der Waals surface area contributed by atoms with Crippen molar-refractivity contribution in [2.24, 2.45) is 7.05 Å². The maximum atomic E-state index is 4.18. The maximum Gasteiger partial charge on any atom is 0.172 e. The Hall–Kier alpha value is 0.420. The van der Waals surface area contributed by atoms with E-state index in [-0.39, 0.29) is 0 Å². The van der Waals surface area contributed by atoms with Gasteiger partial charge in [-0.3, -0.25) is 0 Å². The van der Waals surface area contributed by atoms with Crippen LogP contribution in [0.4, 0.5) is 0 Å². The summed E-state index contributed by atoms with van der Waals surface area (Å²) in [5.74, 6) is 0. The van der Waals surface area contributed by atoms with Crippen LogP contribution in [0.2, 0.25) is 0 Å². The molecule has 50 valence electrons. The minimum absolute atomic E-state index is 0.939. The number of imidazole rings is 1. The molecular formula is C5H6BrIN2. The zero-order valence-electron chi connectivity index (χ0n) is 5.15. The minimum Gasteiger partial charge on any atom is -0.326 e. The van der Waals surface area contributed by atoms with Gasteiger partial charge in [0.05, 0.1) is 0 Å². The first kappa shape index (κ1) is 7.53. The van der Waals surface area contributed by atoms with E-state index >= 15 is 0 Å². The zero-order valence-corrected chi connectivity index (χ0v) is 8.89. The molecule has 0 saturated carbocycles. The molecule has 0 N–H and O–H groups in total. The third-order valence-corrected chi connectivity index (χ3v) is 2.98. The van der Waals surface area contributed by atoms with E-state index < -0.39 is 0 Å². The molecule has 0 bridgehead atoms. The molecule has 0 aliphatic rings. The van der Waals surface area contributed by atoms with Crippen LogP contribution in [0.15, 0.2) is 4.60 Å². The number of halogens is 2. The van der Waals surface area contributed by atoms with Gasteiger partial charge in [0.1, 0.15) is 4.60 Å². The Labute approximate surface area is 75.9 Å². The van der Waals surface area contributed by atoms with E-state index in [1.165, 1.54) is 5.69 Å². The van der Waals surface area contributed by atoms with Crippen molar-refractivity contribution in [3.05, 3.63) is 14.1 Å². The van der Waals surface area contributed by atoms with Gasteiger partial charge in [0.15, 0.2) is 3.83 Å². The Morgan fingerprint density at radius 1 is 1.67 bits per heavy atom. The molecule has 2 nitrogen and oxygen atoms in total. The molecule has 1 aromatic rings. The maximum absolute atomic E-state index is 4.18. The van der Waals surface area contributed by atoms with Crippen LogP contribution in [0.5, 0.6) is 0 Å². The first-order valence-electron chi connectivity index (χ1n) is 2.47. The fourth-order valence-electron chi connectivity index (χ4n) is 0.514. The van der Waals surface area contributed by atoms with Gasteiger partial charge in [0.25, 0.3) is 0 Å². The summed E-state index contributed by atoms with van der Waals surface area (Å²) in [6.45, 7) is 2.03. The van der Waals surface area contributed by atoms with Crippen LogP contribution in [-0.2, 0) is 7.05 Å². The number of hydrogen-bond donors (Lipinski definition) is 0. The van der Waals surface area contributed by atoms with Crippen LogP contribution in [-0.4, -0.2) is 9.55 Å². The van der Waals surface area contributed by atoms with Crippen molar-refractivity contribution in [1.82, 2.24) is 9.55 Å². The molecular weight excluding hydrogens is 295 g/mol. The third-order valence-electron chi connectivity index (χ3n) is 1.27. The highest BCUT2D eigenvalue weighted by Crippen LogP contribution is 2.15. The Morgan fingerprint density at radius 2 is 2.22 bits per heavy atom. The lowest BCUT2D eigenvalue weighted by molar-refractivity contribution is 0.842. The van der Waals surface area contributed by atoms with E-state index in [9.17, 15) is 0 Å². The molecule has 0 atom stereocenters. The SMILES string of the molecule is Cc1c(Br)nc(I)n1C. The molecule has 0 amide bonds. The van der Waals surface area contributed by atoms with Crippen LogP contribution in [0, 0.1) is 10.8 Å². The molecule has 0 radical (unpaired) electrons. The summed E-state index contributed by atoms with van der Waals surface area (Å²) in [5.41, 5.74) is 1.17. The van der Waals surface area contributed by atoms with E-state index in [1.807, 2.05) is 18.5 Å². The number of hydrogen-bond acceptors (Lipinski definition) is 1. The highest BCUT2D eigenvalue weighted by molar-refractivity contribution is 14.1. The largest absolute Gasteiger partial charge is 0.326 e. The summed E-state index contributed by atoms with van der Waals surface area (Å²) in [7, 11) is 1.99. The fraction of sp³-hybridized carbons (Fsp3) is 0.400. The number of rotatable bonds is 0. The molecule has 1 aromatic heterocycles. The number of aromatic nitrogens is 2. The molecule has 0 aliphatic heterocycles. The van der Waals surface area contributed by atoms with Crippen molar-refractivity contribution >= 4 is 38.5 Å². The van der Waals surface area contributed by atoms with Gasteiger partial charge in [-0.05, 0) is 45.4 Å². The quantitative estimate of drug-likeness (QED) is 0.671. The normalized spacial score (nSPS) is 10.2. The Balaban J connectivity index is 3.29. The highest BCUT2D eigenvalue weighted by atomic mass is 127. The lowest BCUT2D eigenvalue weighted by Gasteiger charge is -1.93. The molecule has 0 aromatic carbocycles. The van der Waals surface area contributed by atoms with Crippen LogP contribution in [0.25, 0.3) is 0 Å². The topological polar surface area (TPSA) is 17.8 Å². The van der Waals surface area contributed by atoms with Crippen LogP contribution in [0.1, 0.15) is 5.69 Å². The molecule has 1 rings (SSSR count). The lowest BCUT2D eigenvalue weighted by atomic mass is 10.5. The molecule has 9 heavy (non-hydrogen) atoms. The Morgan fingerprint density at radius 3 is 2.33 bits per heavy atom. The minimum atomic E-state index is 0.939. The van der Waals surface area contributed by atoms with Crippen LogP contribution in [0.3, 0.4) is 0 Å². The van der Waals surface area contributed by atoms with Crippen molar-refractivity contribution in [3.8, 4) is 0 Å². The van der Waals surface area contributed by atoms with Crippen molar-refractivity contribution in [2.75, 3.05) is 0 Å². The van der Waals surface area contributed by atoms with Gasteiger partial charge in [-0.25, -0.2) is 4.98 Å². The summed E-state index contributed by atoms with van der Waals surface area (Å²) in [4.78, 5) is 4.18. The Bertz CT molecular complexity index is 209. The van der Waals surface area contributed by atoms with Crippen LogP contribution < -0.4 is 0 Å². The van der Waals surface area contributed by atoms with Gasteiger partial charge in [-0.15, -0.1) is 0 Å². The van der Waals surface area contributed by atoms with Crippen molar-refractivity contribution in [2.45, 2.75) is 6.92 Å². The van der Waals surface area contributed by atoms with Gasteiger partial charge < -0.3 is 4.57 Å². The van der Waals surface area contributed by atoms with Crippen molar-refractivity contribution in [3.63, 3.8) is 0 Å². The van der Waals surface area contributed by atoms with Gasteiger partial charge in [-0.1, -0.05) is 0 Å². The summed E-state index contributed by atoms with van der Waals surface area (Å²) >= 11 is 5.52. The number of nitrogens with zero attached hydrogens (tertiary/aromatic N) is 2. The second-order valence-corrected chi connectivity index (χ2v) is 3.53. The second-order valence-electron chi connectivity index (χ2n) is 1.82. The summed E-state index contributed by atoms with van der Waals surface area (Å²) in [5, 5.41) is 0. The van der Waals surface area contributed by atoms with Crippen molar-refractivity contribution < 1.29 is 0 Å². The predicted molar refractivity (Wildman–Crippen MR) is 48.4 cm³/mol. The fourth-order valence-corrected chi connectivity index (χ4v) is 1.88. The second kappa shape index (κ2) is 2.57.